The Labute approximate surface area is 156 Å². The van der Waals surface area contributed by atoms with E-state index in [1.807, 2.05) is 6.07 Å². The lowest BCUT2D eigenvalue weighted by atomic mass is 10.1. The zero-order valence-corrected chi connectivity index (χ0v) is 15.0. The molecule has 0 unspecified atom stereocenters. The summed E-state index contributed by atoms with van der Waals surface area (Å²) in [5.74, 6) is 0.0256. The van der Waals surface area contributed by atoms with E-state index in [-0.39, 0.29) is 5.56 Å². The maximum Gasteiger partial charge on any atom is 0.342 e. The molecular weight excluding hydrogens is 346 g/mol. The standard InChI is InChI=1S/C21H19NO5/c1-14-18(12-13-26-14)21(24)27-19(15-6-4-3-5-7-15)20(23)22-16-8-10-17(25-2)11-9-16/h3-13,19H,1-2H3,(H,22,23)/t19-/m0/s1. The maximum atomic E-state index is 12.8. The van der Waals surface area contributed by atoms with Gasteiger partial charge < -0.3 is 19.2 Å². The predicted molar refractivity (Wildman–Crippen MR) is 99.7 cm³/mol. The molecule has 0 radical (unpaired) electrons. The maximum absolute atomic E-state index is 12.8. The number of amides is 1. The van der Waals surface area contributed by atoms with Gasteiger partial charge in [-0.2, -0.15) is 0 Å². The first-order valence-corrected chi connectivity index (χ1v) is 8.33. The number of ether oxygens (including phenoxy) is 2. The summed E-state index contributed by atoms with van der Waals surface area (Å²) in [5, 5.41) is 2.76. The summed E-state index contributed by atoms with van der Waals surface area (Å²) >= 11 is 0. The summed E-state index contributed by atoms with van der Waals surface area (Å²) in [5.41, 5.74) is 1.42. The second kappa shape index (κ2) is 8.23. The van der Waals surface area contributed by atoms with E-state index < -0.39 is 18.0 Å². The first-order valence-electron chi connectivity index (χ1n) is 8.33. The van der Waals surface area contributed by atoms with Crippen LogP contribution in [0.15, 0.2) is 71.3 Å². The van der Waals surface area contributed by atoms with Gasteiger partial charge in [0.05, 0.1) is 13.4 Å². The summed E-state index contributed by atoms with van der Waals surface area (Å²) in [6, 6.07) is 17.2. The molecule has 1 aromatic heterocycles. The zero-order valence-electron chi connectivity index (χ0n) is 15.0. The average Bonchev–Trinajstić information content (AvgIpc) is 3.13. The quantitative estimate of drug-likeness (QED) is 0.665. The van der Waals surface area contributed by atoms with Crippen molar-refractivity contribution in [2.45, 2.75) is 13.0 Å². The second-order valence-corrected chi connectivity index (χ2v) is 5.80. The van der Waals surface area contributed by atoms with E-state index in [1.54, 1.807) is 62.6 Å². The monoisotopic (exact) mass is 365 g/mol. The number of carbonyl (C=O) groups is 2. The fraction of sp³-hybridized carbons (Fsp3) is 0.143. The van der Waals surface area contributed by atoms with Crippen LogP contribution in [0.3, 0.4) is 0 Å². The number of esters is 1. The molecule has 0 fully saturated rings. The lowest BCUT2D eigenvalue weighted by Crippen LogP contribution is -2.26. The summed E-state index contributed by atoms with van der Waals surface area (Å²) in [6.07, 6.45) is 0.302. The number of nitrogens with one attached hydrogen (secondary N) is 1. The van der Waals surface area contributed by atoms with Gasteiger partial charge in [0.15, 0.2) is 0 Å². The average molecular weight is 365 g/mol. The third-order valence-corrected chi connectivity index (χ3v) is 4.00. The molecular formula is C21H19NO5. The van der Waals surface area contributed by atoms with Crippen molar-refractivity contribution >= 4 is 17.6 Å². The first-order chi connectivity index (χ1) is 13.1. The molecule has 1 N–H and O–H groups in total. The molecule has 6 heteroatoms. The number of aryl methyl sites for hydroxylation is 1. The van der Waals surface area contributed by atoms with E-state index in [2.05, 4.69) is 5.32 Å². The number of anilines is 1. The number of methoxy groups -OCH3 is 1. The molecule has 0 aliphatic carbocycles. The normalized spacial score (nSPS) is 11.5. The van der Waals surface area contributed by atoms with Gasteiger partial charge >= 0.3 is 5.97 Å². The van der Waals surface area contributed by atoms with Crippen molar-refractivity contribution in [3.8, 4) is 5.75 Å². The number of hydrogen-bond acceptors (Lipinski definition) is 5. The highest BCUT2D eigenvalue weighted by molar-refractivity contribution is 5.98. The van der Waals surface area contributed by atoms with Gasteiger partial charge in [0.25, 0.3) is 5.91 Å². The van der Waals surface area contributed by atoms with Gasteiger partial charge in [0, 0.05) is 11.3 Å². The minimum absolute atomic E-state index is 0.285. The van der Waals surface area contributed by atoms with Gasteiger partial charge in [-0.1, -0.05) is 30.3 Å². The Hall–Kier alpha value is -3.54. The molecule has 3 rings (SSSR count). The van der Waals surface area contributed by atoms with Crippen LogP contribution in [0.5, 0.6) is 5.75 Å². The van der Waals surface area contributed by atoms with Crippen molar-refractivity contribution in [3.63, 3.8) is 0 Å². The Kier molecular flexibility index (Phi) is 5.56. The highest BCUT2D eigenvalue weighted by Gasteiger charge is 2.27. The smallest absolute Gasteiger partial charge is 0.342 e. The lowest BCUT2D eigenvalue weighted by molar-refractivity contribution is -0.125. The molecule has 1 heterocycles. The fourth-order valence-corrected chi connectivity index (χ4v) is 2.55. The van der Waals surface area contributed by atoms with E-state index in [0.717, 1.165) is 0 Å². The largest absolute Gasteiger partial charge is 0.497 e. The van der Waals surface area contributed by atoms with Crippen LogP contribution in [0, 0.1) is 6.92 Å². The van der Waals surface area contributed by atoms with Gasteiger partial charge in [0.2, 0.25) is 6.10 Å². The van der Waals surface area contributed by atoms with E-state index in [0.29, 0.717) is 22.8 Å². The molecule has 2 aromatic carbocycles. The molecule has 1 atom stereocenters. The summed E-state index contributed by atoms with van der Waals surface area (Å²) in [4.78, 5) is 25.3. The van der Waals surface area contributed by atoms with Crippen LogP contribution in [0.2, 0.25) is 0 Å². The van der Waals surface area contributed by atoms with E-state index in [1.165, 1.54) is 12.3 Å². The topological polar surface area (TPSA) is 77.8 Å². The minimum atomic E-state index is -1.10. The third-order valence-electron chi connectivity index (χ3n) is 4.00. The first kappa shape index (κ1) is 18.3. The van der Waals surface area contributed by atoms with Crippen molar-refractivity contribution < 1.29 is 23.5 Å². The Morgan fingerprint density at radius 1 is 1.00 bits per heavy atom. The number of benzene rings is 2. The molecule has 27 heavy (non-hydrogen) atoms. The Morgan fingerprint density at radius 2 is 1.70 bits per heavy atom. The van der Waals surface area contributed by atoms with Crippen LogP contribution < -0.4 is 10.1 Å². The Balaban J connectivity index is 1.82. The number of rotatable bonds is 6. The Morgan fingerprint density at radius 3 is 2.30 bits per heavy atom. The molecule has 0 saturated heterocycles. The van der Waals surface area contributed by atoms with E-state index in [4.69, 9.17) is 13.9 Å². The lowest BCUT2D eigenvalue weighted by Gasteiger charge is -2.18. The third kappa shape index (κ3) is 4.36. The SMILES string of the molecule is COc1ccc(NC(=O)[C@@H](OC(=O)c2ccoc2C)c2ccccc2)cc1. The summed E-state index contributed by atoms with van der Waals surface area (Å²) in [6.45, 7) is 1.66. The molecule has 0 saturated carbocycles. The van der Waals surface area contributed by atoms with E-state index >= 15 is 0 Å². The molecule has 6 nitrogen and oxygen atoms in total. The van der Waals surface area contributed by atoms with Crippen LogP contribution in [-0.4, -0.2) is 19.0 Å². The van der Waals surface area contributed by atoms with Crippen molar-refractivity contribution in [1.82, 2.24) is 0 Å². The van der Waals surface area contributed by atoms with Crippen LogP contribution in [-0.2, 0) is 9.53 Å². The van der Waals surface area contributed by atoms with Gasteiger partial charge in [-0.15, -0.1) is 0 Å². The highest BCUT2D eigenvalue weighted by atomic mass is 16.5. The fourth-order valence-electron chi connectivity index (χ4n) is 2.55. The van der Waals surface area contributed by atoms with Crippen LogP contribution in [0.1, 0.15) is 27.8 Å². The van der Waals surface area contributed by atoms with Gasteiger partial charge in [-0.05, 0) is 37.3 Å². The molecule has 1 amide bonds. The van der Waals surface area contributed by atoms with Gasteiger partial charge in [-0.25, -0.2) is 4.79 Å². The van der Waals surface area contributed by atoms with Crippen LogP contribution >= 0.6 is 0 Å². The highest BCUT2D eigenvalue weighted by Crippen LogP contribution is 2.23. The predicted octanol–water partition coefficient (Wildman–Crippen LogP) is 4.13. The minimum Gasteiger partial charge on any atom is -0.497 e. The molecule has 0 spiro atoms. The zero-order chi connectivity index (χ0) is 19.2. The second-order valence-electron chi connectivity index (χ2n) is 5.80. The number of furan rings is 1. The molecule has 0 bridgehead atoms. The number of carbonyl (C=O) groups excluding carboxylic acids is 2. The van der Waals surface area contributed by atoms with Crippen LogP contribution in [0.25, 0.3) is 0 Å². The van der Waals surface area contributed by atoms with Crippen molar-refractivity contribution in [3.05, 3.63) is 83.8 Å². The van der Waals surface area contributed by atoms with Crippen molar-refractivity contribution in [1.29, 1.82) is 0 Å². The van der Waals surface area contributed by atoms with Gasteiger partial charge in [0.1, 0.15) is 17.1 Å². The summed E-state index contributed by atoms with van der Waals surface area (Å²) in [7, 11) is 1.57. The summed E-state index contributed by atoms with van der Waals surface area (Å²) < 4.78 is 15.7. The molecule has 138 valence electrons. The molecule has 0 aliphatic rings. The van der Waals surface area contributed by atoms with Crippen LogP contribution in [0.4, 0.5) is 5.69 Å². The Bertz CT molecular complexity index is 915. The van der Waals surface area contributed by atoms with Gasteiger partial charge in [-0.3, -0.25) is 4.79 Å². The molecule has 0 aliphatic heterocycles. The number of hydrogen-bond donors (Lipinski definition) is 1. The molecule has 3 aromatic rings. The van der Waals surface area contributed by atoms with E-state index in [9.17, 15) is 9.59 Å². The van der Waals surface area contributed by atoms with Crippen molar-refractivity contribution in [2.75, 3.05) is 12.4 Å². The van der Waals surface area contributed by atoms with Crippen molar-refractivity contribution in [2.24, 2.45) is 0 Å².